The maximum Gasteiger partial charge on any atom is 0.338 e. The highest BCUT2D eigenvalue weighted by atomic mass is 32.1. The molecule has 2 aromatic carbocycles. The van der Waals surface area contributed by atoms with Crippen molar-refractivity contribution in [3.05, 3.63) is 70.2 Å². The van der Waals surface area contributed by atoms with Gasteiger partial charge in [-0.3, -0.25) is 0 Å². The molecule has 0 saturated heterocycles. The third-order valence-electron chi connectivity index (χ3n) is 3.70. The maximum atomic E-state index is 12.2. The third-order valence-corrected chi connectivity index (χ3v) is 4.62. The monoisotopic (exact) mass is 353 g/mol. The Kier molecular flexibility index (Phi) is 5.14. The average molecular weight is 353 g/mol. The smallest absolute Gasteiger partial charge is 0.338 e. The van der Waals surface area contributed by atoms with Crippen molar-refractivity contribution in [2.24, 2.45) is 0 Å². The van der Waals surface area contributed by atoms with Crippen LogP contribution in [-0.2, 0) is 11.3 Å². The number of hydrogen-bond acceptors (Lipinski definition) is 5. The van der Waals surface area contributed by atoms with Gasteiger partial charge in [0.2, 0.25) is 0 Å². The second-order valence-electron chi connectivity index (χ2n) is 5.80. The van der Waals surface area contributed by atoms with Crippen molar-refractivity contribution >= 4 is 17.3 Å². The van der Waals surface area contributed by atoms with Gasteiger partial charge in [0.15, 0.2) is 0 Å². The van der Waals surface area contributed by atoms with Crippen molar-refractivity contribution < 1.29 is 14.3 Å². The van der Waals surface area contributed by atoms with Gasteiger partial charge in [-0.05, 0) is 38.1 Å². The molecule has 25 heavy (non-hydrogen) atoms. The molecule has 0 aliphatic carbocycles. The molecule has 0 atom stereocenters. The second kappa shape index (κ2) is 7.49. The van der Waals surface area contributed by atoms with Crippen LogP contribution in [0.5, 0.6) is 5.75 Å². The van der Waals surface area contributed by atoms with E-state index in [1.54, 1.807) is 7.11 Å². The number of carbonyl (C=O) groups excluding carboxylic acids is 1. The summed E-state index contributed by atoms with van der Waals surface area (Å²) in [6, 6.07) is 13.4. The quantitative estimate of drug-likeness (QED) is 0.619. The molecule has 4 nitrogen and oxygen atoms in total. The van der Waals surface area contributed by atoms with E-state index in [1.165, 1.54) is 11.3 Å². The summed E-state index contributed by atoms with van der Waals surface area (Å²) < 4.78 is 10.8. The first-order valence-corrected chi connectivity index (χ1v) is 8.78. The molecule has 0 fully saturated rings. The van der Waals surface area contributed by atoms with Crippen LogP contribution < -0.4 is 4.74 Å². The molecular weight excluding hydrogens is 334 g/mol. The van der Waals surface area contributed by atoms with Gasteiger partial charge in [-0.25, -0.2) is 9.78 Å². The lowest BCUT2D eigenvalue weighted by atomic mass is 10.1. The number of carbonyl (C=O) groups is 1. The highest BCUT2D eigenvalue weighted by molar-refractivity contribution is 7.13. The van der Waals surface area contributed by atoms with Gasteiger partial charge in [0, 0.05) is 5.38 Å². The van der Waals surface area contributed by atoms with Gasteiger partial charge < -0.3 is 9.47 Å². The van der Waals surface area contributed by atoms with Crippen LogP contribution in [0.25, 0.3) is 10.6 Å². The standard InChI is InChI=1S/C20H19NO3S/c1-13-8-14(2)10-15(9-13)20(22)24-11-16-12-25-19(21-16)17-6-4-5-7-18(17)23-3/h4-10,12H,11H2,1-3H3. The highest BCUT2D eigenvalue weighted by Crippen LogP contribution is 2.32. The fourth-order valence-electron chi connectivity index (χ4n) is 2.63. The fourth-order valence-corrected chi connectivity index (χ4v) is 3.47. The number of para-hydroxylation sites is 1. The van der Waals surface area contributed by atoms with E-state index in [0.717, 1.165) is 33.1 Å². The molecule has 0 aliphatic heterocycles. The van der Waals surface area contributed by atoms with Crippen LogP contribution in [-0.4, -0.2) is 18.1 Å². The topological polar surface area (TPSA) is 48.4 Å². The fraction of sp³-hybridized carbons (Fsp3) is 0.200. The van der Waals surface area contributed by atoms with Crippen LogP contribution in [0.4, 0.5) is 0 Å². The van der Waals surface area contributed by atoms with E-state index in [2.05, 4.69) is 4.98 Å². The Morgan fingerprint density at radius 3 is 2.56 bits per heavy atom. The molecule has 128 valence electrons. The maximum absolute atomic E-state index is 12.2. The van der Waals surface area contributed by atoms with Gasteiger partial charge in [-0.15, -0.1) is 11.3 Å². The first-order chi connectivity index (χ1) is 12.1. The Morgan fingerprint density at radius 2 is 1.84 bits per heavy atom. The van der Waals surface area contributed by atoms with E-state index in [-0.39, 0.29) is 12.6 Å². The van der Waals surface area contributed by atoms with E-state index in [9.17, 15) is 4.79 Å². The summed E-state index contributed by atoms with van der Waals surface area (Å²) >= 11 is 1.50. The Bertz CT molecular complexity index is 881. The van der Waals surface area contributed by atoms with Gasteiger partial charge in [-0.2, -0.15) is 0 Å². The Labute approximate surface area is 151 Å². The van der Waals surface area contributed by atoms with E-state index in [4.69, 9.17) is 9.47 Å². The minimum absolute atomic E-state index is 0.150. The van der Waals surface area contributed by atoms with Crippen LogP contribution in [0.15, 0.2) is 47.8 Å². The van der Waals surface area contributed by atoms with Crippen molar-refractivity contribution in [1.82, 2.24) is 4.98 Å². The van der Waals surface area contributed by atoms with Crippen molar-refractivity contribution in [2.75, 3.05) is 7.11 Å². The molecule has 0 amide bonds. The molecule has 3 rings (SSSR count). The SMILES string of the molecule is COc1ccccc1-c1nc(COC(=O)c2cc(C)cc(C)c2)cs1. The zero-order chi connectivity index (χ0) is 17.8. The number of aryl methyl sites for hydroxylation is 2. The first kappa shape index (κ1) is 17.2. The summed E-state index contributed by atoms with van der Waals surface area (Å²) in [4.78, 5) is 16.8. The van der Waals surface area contributed by atoms with E-state index < -0.39 is 0 Å². The Hall–Kier alpha value is -2.66. The highest BCUT2D eigenvalue weighted by Gasteiger charge is 2.12. The second-order valence-corrected chi connectivity index (χ2v) is 6.65. The predicted molar refractivity (Wildman–Crippen MR) is 99.1 cm³/mol. The zero-order valence-electron chi connectivity index (χ0n) is 14.4. The molecule has 0 spiro atoms. The summed E-state index contributed by atoms with van der Waals surface area (Å²) in [7, 11) is 1.64. The average Bonchev–Trinajstić information content (AvgIpc) is 3.07. The number of methoxy groups -OCH3 is 1. The lowest BCUT2D eigenvalue weighted by Gasteiger charge is -2.06. The minimum atomic E-state index is -0.335. The Morgan fingerprint density at radius 1 is 1.12 bits per heavy atom. The number of aromatic nitrogens is 1. The van der Waals surface area contributed by atoms with E-state index >= 15 is 0 Å². The molecule has 5 heteroatoms. The first-order valence-electron chi connectivity index (χ1n) is 7.90. The van der Waals surface area contributed by atoms with Gasteiger partial charge in [0.05, 0.1) is 23.9 Å². The van der Waals surface area contributed by atoms with Crippen LogP contribution in [0, 0.1) is 13.8 Å². The van der Waals surface area contributed by atoms with Gasteiger partial charge >= 0.3 is 5.97 Å². The number of nitrogens with zero attached hydrogens (tertiary/aromatic N) is 1. The van der Waals surface area contributed by atoms with Gasteiger partial charge in [0.25, 0.3) is 0 Å². The minimum Gasteiger partial charge on any atom is -0.496 e. The molecule has 0 bridgehead atoms. The summed E-state index contributed by atoms with van der Waals surface area (Å²) in [5, 5.41) is 2.74. The van der Waals surface area contributed by atoms with Crippen LogP contribution >= 0.6 is 11.3 Å². The summed E-state index contributed by atoms with van der Waals surface area (Å²) in [5.41, 5.74) is 4.31. The number of hydrogen-bond donors (Lipinski definition) is 0. The number of esters is 1. The summed E-state index contributed by atoms with van der Waals surface area (Å²) in [6.45, 7) is 4.07. The molecule has 0 N–H and O–H groups in total. The molecule has 1 heterocycles. The molecule has 3 aromatic rings. The van der Waals surface area contributed by atoms with Crippen molar-refractivity contribution in [1.29, 1.82) is 0 Å². The third kappa shape index (κ3) is 4.06. The molecule has 0 aliphatic rings. The van der Waals surface area contributed by atoms with Crippen molar-refractivity contribution in [3.8, 4) is 16.3 Å². The lowest BCUT2D eigenvalue weighted by molar-refractivity contribution is 0.0468. The van der Waals surface area contributed by atoms with Crippen molar-refractivity contribution in [3.63, 3.8) is 0 Å². The molecule has 0 saturated carbocycles. The summed E-state index contributed by atoms with van der Waals surface area (Å²) in [5.74, 6) is 0.439. The zero-order valence-corrected chi connectivity index (χ0v) is 15.2. The van der Waals surface area contributed by atoms with Crippen molar-refractivity contribution in [2.45, 2.75) is 20.5 Å². The lowest BCUT2D eigenvalue weighted by Crippen LogP contribution is -2.06. The number of ether oxygens (including phenoxy) is 2. The molecule has 0 unspecified atom stereocenters. The van der Waals surface area contributed by atoms with Crippen LogP contribution in [0.1, 0.15) is 27.2 Å². The number of rotatable bonds is 5. The largest absolute Gasteiger partial charge is 0.496 e. The Balaban J connectivity index is 1.70. The van der Waals surface area contributed by atoms with E-state index in [1.807, 2.05) is 61.7 Å². The van der Waals surface area contributed by atoms with E-state index in [0.29, 0.717) is 5.56 Å². The van der Waals surface area contributed by atoms with Crippen LogP contribution in [0.2, 0.25) is 0 Å². The predicted octanol–water partition coefficient (Wildman–Crippen LogP) is 4.79. The normalized spacial score (nSPS) is 10.5. The summed E-state index contributed by atoms with van der Waals surface area (Å²) in [6.07, 6.45) is 0. The molecule has 1 aromatic heterocycles. The van der Waals surface area contributed by atoms with Crippen LogP contribution in [0.3, 0.4) is 0 Å². The molecule has 0 radical (unpaired) electrons. The van der Waals surface area contributed by atoms with Gasteiger partial charge in [0.1, 0.15) is 17.4 Å². The number of benzene rings is 2. The van der Waals surface area contributed by atoms with Gasteiger partial charge in [-0.1, -0.05) is 29.3 Å². The number of thiazole rings is 1. The molecular formula is C20H19NO3S.